The van der Waals surface area contributed by atoms with Crippen molar-refractivity contribution in [3.8, 4) is 0 Å². The molecule has 1 fully saturated rings. The molecule has 0 unspecified atom stereocenters. The predicted octanol–water partition coefficient (Wildman–Crippen LogP) is 0.0987. The molecule has 2 aromatic heterocycles. The fraction of sp³-hybridized carbons (Fsp3) is 0.333. The average Bonchev–Trinajstić information content (AvgIpc) is 2.99. The molecule has 1 saturated heterocycles. The molecular formula is C15H17N5O2. The molecule has 7 heteroatoms. The van der Waals surface area contributed by atoms with Gasteiger partial charge in [0.2, 0.25) is 5.95 Å². The second-order valence-corrected chi connectivity index (χ2v) is 5.19. The van der Waals surface area contributed by atoms with Crippen LogP contribution in [0.4, 0.5) is 5.95 Å². The summed E-state index contributed by atoms with van der Waals surface area (Å²) in [5.41, 5.74) is 0.369. The van der Waals surface area contributed by atoms with Crippen molar-refractivity contribution in [3.63, 3.8) is 0 Å². The summed E-state index contributed by atoms with van der Waals surface area (Å²) in [5.74, 6) is 0.312. The van der Waals surface area contributed by atoms with Gasteiger partial charge in [-0.2, -0.15) is 0 Å². The largest absolute Gasteiger partial charge is 0.396 e. The van der Waals surface area contributed by atoms with Crippen molar-refractivity contribution in [1.29, 1.82) is 0 Å². The first-order chi connectivity index (χ1) is 10.8. The number of aliphatic hydroxyl groups is 1. The molecule has 2 atom stereocenters. The third-order valence-electron chi connectivity index (χ3n) is 3.72. The standard InChI is InChI=1S/C15H17N5O2/c21-10-11-8-20(15-17-6-3-7-18-15)9-13(11)19-14(22)12-4-1-2-5-16-12/h1-7,11,13,21H,8-10H2,(H,19,22)/t11-,13+/m0/s1. The van der Waals surface area contributed by atoms with E-state index in [0.717, 1.165) is 0 Å². The first kappa shape index (κ1) is 14.4. The van der Waals surface area contributed by atoms with E-state index in [0.29, 0.717) is 24.7 Å². The van der Waals surface area contributed by atoms with E-state index in [2.05, 4.69) is 20.3 Å². The van der Waals surface area contributed by atoms with E-state index in [1.54, 1.807) is 42.9 Å². The second-order valence-electron chi connectivity index (χ2n) is 5.19. The van der Waals surface area contributed by atoms with Crippen molar-refractivity contribution in [2.24, 2.45) is 5.92 Å². The first-order valence-electron chi connectivity index (χ1n) is 7.12. The number of pyridine rings is 1. The maximum absolute atomic E-state index is 12.2. The van der Waals surface area contributed by atoms with Crippen LogP contribution in [0.3, 0.4) is 0 Å². The van der Waals surface area contributed by atoms with Crippen molar-refractivity contribution in [3.05, 3.63) is 48.5 Å². The number of aliphatic hydroxyl groups excluding tert-OH is 1. The number of anilines is 1. The van der Waals surface area contributed by atoms with Crippen LogP contribution in [0.5, 0.6) is 0 Å². The molecule has 0 bridgehead atoms. The monoisotopic (exact) mass is 299 g/mol. The predicted molar refractivity (Wildman–Crippen MR) is 80.3 cm³/mol. The summed E-state index contributed by atoms with van der Waals surface area (Å²) in [4.78, 5) is 26.6. The van der Waals surface area contributed by atoms with Crippen LogP contribution in [-0.2, 0) is 0 Å². The third kappa shape index (κ3) is 3.04. The summed E-state index contributed by atoms with van der Waals surface area (Å²) in [6.07, 6.45) is 4.93. The Bertz CT molecular complexity index is 622. The quantitative estimate of drug-likeness (QED) is 0.832. The number of carbonyl (C=O) groups excluding carboxylic acids is 1. The fourth-order valence-corrected chi connectivity index (χ4v) is 2.58. The van der Waals surface area contributed by atoms with Crippen LogP contribution in [0.1, 0.15) is 10.5 Å². The Morgan fingerprint density at radius 2 is 1.95 bits per heavy atom. The molecule has 22 heavy (non-hydrogen) atoms. The lowest BCUT2D eigenvalue weighted by Gasteiger charge is -2.17. The van der Waals surface area contributed by atoms with Crippen LogP contribution < -0.4 is 10.2 Å². The van der Waals surface area contributed by atoms with Crippen molar-refractivity contribution >= 4 is 11.9 Å². The molecule has 7 nitrogen and oxygen atoms in total. The van der Waals surface area contributed by atoms with Gasteiger partial charge in [0.25, 0.3) is 5.91 Å². The number of hydrogen-bond acceptors (Lipinski definition) is 6. The molecule has 1 aliphatic heterocycles. The van der Waals surface area contributed by atoms with Crippen molar-refractivity contribution in [2.45, 2.75) is 6.04 Å². The van der Waals surface area contributed by atoms with Crippen molar-refractivity contribution in [1.82, 2.24) is 20.3 Å². The Labute approximate surface area is 128 Å². The lowest BCUT2D eigenvalue weighted by molar-refractivity contribution is 0.0916. The summed E-state index contributed by atoms with van der Waals surface area (Å²) >= 11 is 0. The Kier molecular flexibility index (Phi) is 4.24. The Morgan fingerprint density at radius 1 is 1.18 bits per heavy atom. The number of rotatable bonds is 4. The summed E-state index contributed by atoms with van der Waals surface area (Å²) < 4.78 is 0. The number of carbonyl (C=O) groups is 1. The average molecular weight is 299 g/mol. The van der Waals surface area contributed by atoms with E-state index in [4.69, 9.17) is 0 Å². The van der Waals surface area contributed by atoms with Gasteiger partial charge in [-0.1, -0.05) is 6.07 Å². The maximum atomic E-state index is 12.2. The van der Waals surface area contributed by atoms with Crippen molar-refractivity contribution in [2.75, 3.05) is 24.6 Å². The topological polar surface area (TPSA) is 91.2 Å². The summed E-state index contributed by atoms with van der Waals surface area (Å²) in [7, 11) is 0. The SMILES string of the molecule is O=C(N[C@@H]1CN(c2ncccn2)C[C@H]1CO)c1ccccn1. The van der Waals surface area contributed by atoms with Gasteiger partial charge in [0.15, 0.2) is 0 Å². The smallest absolute Gasteiger partial charge is 0.270 e. The maximum Gasteiger partial charge on any atom is 0.270 e. The van der Waals surface area contributed by atoms with Crippen LogP contribution in [0.2, 0.25) is 0 Å². The number of amides is 1. The Balaban J connectivity index is 1.69. The van der Waals surface area contributed by atoms with E-state index >= 15 is 0 Å². The van der Waals surface area contributed by atoms with Crippen LogP contribution in [0, 0.1) is 5.92 Å². The van der Waals surface area contributed by atoms with Gasteiger partial charge in [0, 0.05) is 44.2 Å². The molecule has 114 valence electrons. The molecule has 2 aromatic rings. The lowest BCUT2D eigenvalue weighted by Crippen LogP contribution is -2.41. The molecule has 1 aliphatic rings. The van der Waals surface area contributed by atoms with Crippen LogP contribution in [-0.4, -0.2) is 51.7 Å². The minimum atomic E-state index is -0.236. The zero-order chi connectivity index (χ0) is 15.4. The highest BCUT2D eigenvalue weighted by molar-refractivity contribution is 5.92. The van der Waals surface area contributed by atoms with Gasteiger partial charge in [0.1, 0.15) is 5.69 Å². The molecule has 1 amide bonds. The van der Waals surface area contributed by atoms with Crippen LogP contribution >= 0.6 is 0 Å². The Hall–Kier alpha value is -2.54. The van der Waals surface area contributed by atoms with Gasteiger partial charge < -0.3 is 15.3 Å². The normalized spacial score (nSPS) is 20.9. The molecule has 0 radical (unpaired) electrons. The van der Waals surface area contributed by atoms with Crippen LogP contribution in [0.15, 0.2) is 42.9 Å². The summed E-state index contributed by atoms with van der Waals surface area (Å²) in [6, 6.07) is 6.78. The minimum absolute atomic E-state index is 0.00347. The number of nitrogens with zero attached hydrogens (tertiary/aromatic N) is 4. The molecule has 0 aromatic carbocycles. The highest BCUT2D eigenvalue weighted by Crippen LogP contribution is 2.20. The lowest BCUT2D eigenvalue weighted by atomic mass is 10.1. The highest BCUT2D eigenvalue weighted by atomic mass is 16.3. The van der Waals surface area contributed by atoms with Crippen LogP contribution in [0.25, 0.3) is 0 Å². The molecule has 3 rings (SSSR count). The van der Waals surface area contributed by atoms with E-state index in [1.165, 1.54) is 0 Å². The summed E-state index contributed by atoms with van der Waals surface area (Å²) in [5, 5.41) is 12.5. The minimum Gasteiger partial charge on any atom is -0.396 e. The molecule has 3 heterocycles. The van der Waals surface area contributed by atoms with E-state index < -0.39 is 0 Å². The number of hydrogen-bond donors (Lipinski definition) is 2. The molecular weight excluding hydrogens is 282 g/mol. The third-order valence-corrected chi connectivity index (χ3v) is 3.72. The van der Waals surface area contributed by atoms with E-state index in [1.807, 2.05) is 4.90 Å². The van der Waals surface area contributed by atoms with Gasteiger partial charge in [-0.25, -0.2) is 9.97 Å². The van der Waals surface area contributed by atoms with Gasteiger partial charge in [-0.15, -0.1) is 0 Å². The van der Waals surface area contributed by atoms with Gasteiger partial charge in [0.05, 0.1) is 6.04 Å². The molecule has 2 N–H and O–H groups in total. The van der Waals surface area contributed by atoms with Gasteiger partial charge >= 0.3 is 0 Å². The highest BCUT2D eigenvalue weighted by Gasteiger charge is 2.34. The number of aromatic nitrogens is 3. The van der Waals surface area contributed by atoms with E-state index in [9.17, 15) is 9.90 Å². The second kappa shape index (κ2) is 6.48. The van der Waals surface area contributed by atoms with Crippen molar-refractivity contribution < 1.29 is 9.90 Å². The van der Waals surface area contributed by atoms with Gasteiger partial charge in [-0.05, 0) is 18.2 Å². The Morgan fingerprint density at radius 3 is 2.64 bits per heavy atom. The molecule has 0 aliphatic carbocycles. The zero-order valence-corrected chi connectivity index (χ0v) is 12.0. The zero-order valence-electron chi connectivity index (χ0n) is 12.0. The number of nitrogens with one attached hydrogen (secondary N) is 1. The molecule has 0 saturated carbocycles. The van der Waals surface area contributed by atoms with Gasteiger partial charge in [-0.3, -0.25) is 9.78 Å². The van der Waals surface area contributed by atoms with E-state index in [-0.39, 0.29) is 24.5 Å². The summed E-state index contributed by atoms with van der Waals surface area (Å²) in [6.45, 7) is 1.16. The first-order valence-corrected chi connectivity index (χ1v) is 7.12. The fourth-order valence-electron chi connectivity index (χ4n) is 2.58. The molecule has 0 spiro atoms.